The molecule has 0 aromatic heterocycles. The molecule has 0 amide bonds. The molecular weight excluding hydrogens is 371 g/mol. The van der Waals surface area contributed by atoms with Crippen LogP contribution in [0.25, 0.3) is 0 Å². The molecule has 0 aromatic carbocycles. The minimum Gasteiger partial charge on any atom is -0.221 e. The highest BCUT2D eigenvalue weighted by atomic mass is 32.3. The summed E-state index contributed by atoms with van der Waals surface area (Å²) in [5, 5.41) is -13.4. The van der Waals surface area contributed by atoms with Gasteiger partial charge in [0, 0.05) is 0 Å². The summed E-state index contributed by atoms with van der Waals surface area (Å²) >= 11 is 0. The maximum atomic E-state index is 13.0. The van der Waals surface area contributed by atoms with E-state index in [1.54, 1.807) is 0 Å². The molecule has 0 bridgehead atoms. The largest absolute Gasteiger partial charge is 0.415 e. The van der Waals surface area contributed by atoms with Gasteiger partial charge < -0.3 is 0 Å². The van der Waals surface area contributed by atoms with E-state index in [-0.39, 0.29) is 0 Å². The van der Waals surface area contributed by atoms with Crippen molar-refractivity contribution in [1.82, 2.24) is 0 Å². The van der Waals surface area contributed by atoms with Crippen LogP contribution < -0.4 is 0 Å². The average molecular weight is 374 g/mol. The molecule has 1 rings (SSSR count). The second-order valence-corrected chi connectivity index (χ2v) is 8.59. The van der Waals surface area contributed by atoms with Crippen molar-refractivity contribution < 1.29 is 56.3 Å². The molecule has 21 heavy (non-hydrogen) atoms. The quantitative estimate of drug-likeness (QED) is 0.658. The van der Waals surface area contributed by atoms with Crippen LogP contribution in [-0.2, 0) is 19.7 Å². The molecule has 0 N–H and O–H groups in total. The Kier molecular flexibility index (Phi) is 3.64. The second-order valence-electron chi connectivity index (χ2n) is 3.95. The first-order chi connectivity index (χ1) is 8.84. The van der Waals surface area contributed by atoms with Crippen molar-refractivity contribution in [3.63, 3.8) is 0 Å². The average Bonchev–Trinajstić information content (AvgIpc) is 2.22. The Morgan fingerprint density at radius 2 is 1.05 bits per heavy atom. The van der Waals surface area contributed by atoms with E-state index in [4.69, 9.17) is 0 Å². The van der Waals surface area contributed by atoms with Crippen LogP contribution in [0.1, 0.15) is 6.42 Å². The zero-order chi connectivity index (χ0) is 17.3. The van der Waals surface area contributed by atoms with Gasteiger partial charge in [-0.1, -0.05) is 0 Å². The molecular formula is C6H3F9O4S2. The molecule has 4 nitrogen and oxygen atoms in total. The number of hydrogen-bond donors (Lipinski definition) is 0. The number of alkyl halides is 9. The van der Waals surface area contributed by atoms with Crippen molar-refractivity contribution in [3.8, 4) is 0 Å². The fourth-order valence-electron chi connectivity index (χ4n) is 1.43. The lowest BCUT2D eigenvalue weighted by Crippen LogP contribution is -2.70. The van der Waals surface area contributed by atoms with Gasteiger partial charge in [0.05, 0.1) is 6.42 Å². The van der Waals surface area contributed by atoms with Crippen molar-refractivity contribution in [2.45, 2.75) is 33.6 Å². The minimum absolute atomic E-state index is 3.17. The number of halogens is 9. The molecule has 1 heterocycles. The first kappa shape index (κ1) is 18.3. The van der Waals surface area contributed by atoms with Crippen LogP contribution in [0.3, 0.4) is 0 Å². The van der Waals surface area contributed by atoms with Gasteiger partial charge in [-0.15, -0.1) is 0 Å². The Hall–Kier alpha value is -0.730. The van der Waals surface area contributed by atoms with Crippen molar-refractivity contribution in [2.75, 3.05) is 0 Å². The van der Waals surface area contributed by atoms with E-state index < -0.39 is 53.3 Å². The zero-order valence-corrected chi connectivity index (χ0v) is 10.8. The van der Waals surface area contributed by atoms with Gasteiger partial charge in [-0.05, 0) is 0 Å². The molecule has 1 saturated heterocycles. The van der Waals surface area contributed by atoms with Crippen LogP contribution in [0.2, 0.25) is 0 Å². The molecule has 0 saturated carbocycles. The lowest BCUT2D eigenvalue weighted by atomic mass is 10.3. The number of rotatable bonds is 1. The lowest BCUT2D eigenvalue weighted by molar-refractivity contribution is -0.247. The Balaban J connectivity index is 3.76. The molecule has 0 aromatic rings. The van der Waals surface area contributed by atoms with E-state index in [0.29, 0.717) is 0 Å². The van der Waals surface area contributed by atoms with Gasteiger partial charge in [0.1, 0.15) is 0 Å². The molecule has 1 fully saturated rings. The highest BCUT2D eigenvalue weighted by Gasteiger charge is 2.88. The topological polar surface area (TPSA) is 68.3 Å². The minimum atomic E-state index is -7.09. The molecule has 126 valence electrons. The lowest BCUT2D eigenvalue weighted by Gasteiger charge is -2.39. The summed E-state index contributed by atoms with van der Waals surface area (Å²) in [6.07, 6.45) is -8.96. The summed E-state index contributed by atoms with van der Waals surface area (Å²) in [5.41, 5.74) is 0. The molecule has 15 heteroatoms. The Morgan fingerprint density at radius 1 is 0.762 bits per heavy atom. The van der Waals surface area contributed by atoms with Crippen molar-refractivity contribution in [2.24, 2.45) is 0 Å². The van der Waals surface area contributed by atoms with Crippen LogP contribution in [0.5, 0.6) is 0 Å². The van der Waals surface area contributed by atoms with Crippen molar-refractivity contribution in [1.29, 1.82) is 0 Å². The fourth-order valence-corrected chi connectivity index (χ4v) is 6.00. The van der Waals surface area contributed by atoms with Gasteiger partial charge in [0.25, 0.3) is 0 Å². The third-order valence-electron chi connectivity index (χ3n) is 2.54. The van der Waals surface area contributed by atoms with E-state index in [2.05, 4.69) is 0 Å². The number of sulfone groups is 2. The summed E-state index contributed by atoms with van der Waals surface area (Å²) in [6, 6.07) is 0. The van der Waals surface area contributed by atoms with Crippen LogP contribution in [0.15, 0.2) is 0 Å². The van der Waals surface area contributed by atoms with Crippen LogP contribution in [0, 0.1) is 0 Å². The Morgan fingerprint density at radius 3 is 1.29 bits per heavy atom. The Bertz CT molecular complexity index is 596. The maximum absolute atomic E-state index is 13.0. The third kappa shape index (κ3) is 2.10. The van der Waals surface area contributed by atoms with Crippen LogP contribution >= 0.6 is 0 Å². The maximum Gasteiger partial charge on any atom is 0.415 e. The first-order valence-electron chi connectivity index (χ1n) is 4.51. The predicted octanol–water partition coefficient (Wildman–Crippen LogP) is 1.93. The summed E-state index contributed by atoms with van der Waals surface area (Å²) in [6.45, 7) is 0. The summed E-state index contributed by atoms with van der Waals surface area (Å²) in [7, 11) is -14.2. The number of hydrogen-bond acceptors (Lipinski definition) is 4. The molecule has 0 atom stereocenters. The first-order valence-corrected chi connectivity index (χ1v) is 7.60. The highest BCUT2D eigenvalue weighted by Crippen LogP contribution is 2.58. The van der Waals surface area contributed by atoms with Gasteiger partial charge in [-0.2, -0.15) is 39.5 Å². The third-order valence-corrected chi connectivity index (χ3v) is 7.72. The van der Waals surface area contributed by atoms with Crippen molar-refractivity contribution in [3.05, 3.63) is 0 Å². The van der Waals surface area contributed by atoms with E-state index in [0.717, 1.165) is 0 Å². The monoisotopic (exact) mass is 374 g/mol. The van der Waals surface area contributed by atoms with Gasteiger partial charge in [-0.3, -0.25) is 0 Å². The normalized spacial score (nSPS) is 30.0. The zero-order valence-electron chi connectivity index (χ0n) is 9.14. The van der Waals surface area contributed by atoms with E-state index in [1.807, 2.05) is 0 Å². The molecule has 1 aliphatic rings. The molecule has 0 radical (unpaired) electrons. The smallest absolute Gasteiger partial charge is 0.221 e. The second kappa shape index (κ2) is 4.17. The molecule has 0 aliphatic carbocycles. The van der Waals surface area contributed by atoms with Gasteiger partial charge in [0.2, 0.25) is 19.7 Å². The van der Waals surface area contributed by atoms with Gasteiger partial charge in [-0.25, -0.2) is 16.8 Å². The van der Waals surface area contributed by atoms with Crippen molar-refractivity contribution >= 4 is 19.7 Å². The summed E-state index contributed by atoms with van der Waals surface area (Å²) < 4.78 is 153. The molecule has 0 unspecified atom stereocenters. The van der Waals surface area contributed by atoms with E-state index in [1.165, 1.54) is 0 Å². The highest BCUT2D eigenvalue weighted by molar-refractivity contribution is 8.10. The van der Waals surface area contributed by atoms with Gasteiger partial charge in [0.15, 0.2) is 4.58 Å². The molecule has 1 aliphatic heterocycles. The standard InChI is InChI=1S/C6H3F9O4S2/c7-3(8,9)1-2-20(16,17)5(12,13)4(10,11)6(14,15)21(2,18)19/h2H,1H2. The van der Waals surface area contributed by atoms with E-state index in [9.17, 15) is 56.3 Å². The fraction of sp³-hybridized carbons (Fsp3) is 1.00. The summed E-state index contributed by atoms with van der Waals surface area (Å²) in [5.74, 6) is -6.92. The van der Waals surface area contributed by atoms with Gasteiger partial charge >= 0.3 is 22.6 Å². The molecule has 0 spiro atoms. The predicted molar refractivity (Wildman–Crippen MR) is 47.1 cm³/mol. The van der Waals surface area contributed by atoms with Crippen LogP contribution in [0.4, 0.5) is 39.5 Å². The Labute approximate surface area is 110 Å². The summed E-state index contributed by atoms with van der Waals surface area (Å²) in [4.78, 5) is 0. The van der Waals surface area contributed by atoms with Crippen LogP contribution in [-0.4, -0.2) is 44.0 Å². The van der Waals surface area contributed by atoms with E-state index >= 15 is 0 Å². The SMILES string of the molecule is O=S1(=O)C(CC(F)(F)F)S(=O)(=O)C(F)(F)C(F)(F)C1(F)F.